The molecule has 0 saturated carbocycles. The third kappa shape index (κ3) is 4.24. The van der Waals surface area contributed by atoms with Crippen molar-refractivity contribution in [2.45, 2.75) is 27.7 Å². The lowest BCUT2D eigenvalue weighted by Crippen LogP contribution is -1.95. The van der Waals surface area contributed by atoms with Gasteiger partial charge >= 0.3 is 0 Å². The quantitative estimate of drug-likeness (QED) is 0.830. The lowest BCUT2D eigenvalue weighted by molar-refractivity contribution is 0.369. The first kappa shape index (κ1) is 14.9. The van der Waals surface area contributed by atoms with E-state index in [4.69, 9.17) is 14.0 Å². The van der Waals surface area contributed by atoms with Crippen molar-refractivity contribution in [3.8, 4) is 11.8 Å². The predicted octanol–water partition coefficient (Wildman–Crippen LogP) is 2.40. The third-order valence-corrected chi connectivity index (χ3v) is 2.60. The number of nitrogens with zero attached hydrogens (tertiary/aromatic N) is 3. The van der Waals surface area contributed by atoms with Gasteiger partial charge in [-0.15, -0.1) is 0 Å². The van der Waals surface area contributed by atoms with Crippen LogP contribution in [0.5, 0.6) is 11.8 Å². The highest BCUT2D eigenvalue weighted by Crippen LogP contribution is 2.13. The molecule has 6 heteroatoms. The summed E-state index contributed by atoms with van der Waals surface area (Å²) in [4.78, 5) is 7.97. The topological polar surface area (TPSA) is 70.3 Å². The molecule has 0 saturated heterocycles. The molecule has 0 amide bonds. The fourth-order valence-electron chi connectivity index (χ4n) is 1.25. The summed E-state index contributed by atoms with van der Waals surface area (Å²) in [5, 5.41) is 3.74. The van der Waals surface area contributed by atoms with Gasteiger partial charge in [-0.25, -0.2) is 0 Å². The highest BCUT2D eigenvalue weighted by atomic mass is 16.5. The molecule has 0 aromatic carbocycles. The van der Waals surface area contributed by atoms with Crippen LogP contribution in [0.4, 0.5) is 0 Å². The normalized spacial score (nSPS) is 9.58. The van der Waals surface area contributed by atoms with E-state index in [-0.39, 0.29) is 0 Å². The summed E-state index contributed by atoms with van der Waals surface area (Å²) in [6, 6.07) is 1.63. The summed E-state index contributed by atoms with van der Waals surface area (Å²) < 4.78 is 14.7. The maximum absolute atomic E-state index is 4.91. The molecule has 6 nitrogen and oxygen atoms in total. The van der Waals surface area contributed by atoms with E-state index in [1.54, 1.807) is 27.2 Å². The fraction of sp³-hybridized carbons (Fsp3) is 0.462. The van der Waals surface area contributed by atoms with Crippen molar-refractivity contribution in [3.63, 3.8) is 0 Å². The molecule has 0 fully saturated rings. The Labute approximate surface area is 112 Å². The molecule has 0 bridgehead atoms. The number of hydrogen-bond donors (Lipinski definition) is 0. The van der Waals surface area contributed by atoms with E-state index in [9.17, 15) is 0 Å². The molecule has 0 N–H and O–H groups in total. The Bertz CT molecular complexity index is 496. The Balaban J connectivity index is 0.000000200. The average Bonchev–Trinajstić information content (AvgIpc) is 2.70. The molecule has 2 aromatic heterocycles. The van der Waals surface area contributed by atoms with Crippen molar-refractivity contribution in [1.82, 2.24) is 15.1 Å². The molecule has 2 rings (SSSR count). The van der Waals surface area contributed by atoms with E-state index in [1.807, 2.05) is 20.8 Å². The zero-order chi connectivity index (χ0) is 14.4. The van der Waals surface area contributed by atoms with Gasteiger partial charge in [0.25, 0.3) is 0 Å². The summed E-state index contributed by atoms with van der Waals surface area (Å²) in [7, 11) is 3.11. The van der Waals surface area contributed by atoms with Crippen molar-refractivity contribution in [2.24, 2.45) is 0 Å². The van der Waals surface area contributed by atoms with E-state index in [2.05, 4.69) is 15.1 Å². The van der Waals surface area contributed by atoms with Crippen LogP contribution in [0.15, 0.2) is 10.6 Å². The molecule has 0 spiro atoms. The van der Waals surface area contributed by atoms with Crippen molar-refractivity contribution in [2.75, 3.05) is 14.2 Å². The van der Waals surface area contributed by atoms with Gasteiger partial charge in [-0.1, -0.05) is 5.16 Å². The molecule has 0 aliphatic rings. The third-order valence-electron chi connectivity index (χ3n) is 2.60. The van der Waals surface area contributed by atoms with Gasteiger partial charge in [-0.05, 0) is 27.7 Å². The fourth-order valence-corrected chi connectivity index (χ4v) is 1.25. The lowest BCUT2D eigenvalue weighted by atomic mass is 10.2. The second-order valence-electron chi connectivity index (χ2n) is 3.95. The van der Waals surface area contributed by atoms with Crippen molar-refractivity contribution in [1.29, 1.82) is 0 Å². The van der Waals surface area contributed by atoms with E-state index in [0.29, 0.717) is 17.6 Å². The van der Waals surface area contributed by atoms with Crippen LogP contribution in [0.1, 0.15) is 22.8 Å². The van der Waals surface area contributed by atoms with Crippen LogP contribution in [0.2, 0.25) is 0 Å². The zero-order valence-electron chi connectivity index (χ0n) is 12.1. The van der Waals surface area contributed by atoms with Gasteiger partial charge in [0.2, 0.25) is 11.8 Å². The van der Waals surface area contributed by atoms with Crippen LogP contribution in [-0.2, 0) is 0 Å². The monoisotopic (exact) mass is 265 g/mol. The van der Waals surface area contributed by atoms with Crippen LogP contribution in [-0.4, -0.2) is 29.3 Å². The maximum atomic E-state index is 4.91. The maximum Gasteiger partial charge on any atom is 0.220 e. The van der Waals surface area contributed by atoms with Crippen molar-refractivity contribution < 1.29 is 14.0 Å². The molecule has 19 heavy (non-hydrogen) atoms. The standard InChI is InChI=1S/C7H10N2O2.C6H9NO/c1-5-8-6(10-2)4-7(9-5)11-3;1-4-5(2)7-8-6(4)3/h4H,1-3H3;1-3H3. The van der Waals surface area contributed by atoms with Gasteiger partial charge in [0.1, 0.15) is 11.6 Å². The number of ether oxygens (including phenoxy) is 2. The van der Waals surface area contributed by atoms with Gasteiger partial charge in [0.15, 0.2) is 0 Å². The molecule has 104 valence electrons. The minimum Gasteiger partial charge on any atom is -0.481 e. The first-order valence-corrected chi connectivity index (χ1v) is 5.81. The van der Waals surface area contributed by atoms with Gasteiger partial charge in [-0.3, -0.25) is 0 Å². The molecule has 0 atom stereocenters. The molecule has 0 aliphatic heterocycles. The number of aromatic nitrogens is 3. The van der Waals surface area contributed by atoms with Gasteiger partial charge in [-0.2, -0.15) is 9.97 Å². The minimum atomic E-state index is 0.523. The average molecular weight is 265 g/mol. The lowest BCUT2D eigenvalue weighted by Gasteiger charge is -2.02. The molecule has 0 aliphatic carbocycles. The molecular weight excluding hydrogens is 246 g/mol. The SMILES string of the molecule is COc1cc(OC)nc(C)n1.Cc1noc(C)c1C. The van der Waals surface area contributed by atoms with E-state index in [0.717, 1.165) is 17.0 Å². The number of methoxy groups -OCH3 is 2. The van der Waals surface area contributed by atoms with Gasteiger partial charge in [0.05, 0.1) is 26.0 Å². The zero-order valence-corrected chi connectivity index (χ0v) is 12.1. The predicted molar refractivity (Wildman–Crippen MR) is 70.6 cm³/mol. The second-order valence-corrected chi connectivity index (χ2v) is 3.95. The Morgan fingerprint density at radius 3 is 1.74 bits per heavy atom. The number of aryl methyl sites for hydroxylation is 3. The molecule has 2 aromatic rings. The first-order chi connectivity index (χ1) is 8.97. The molecule has 0 radical (unpaired) electrons. The van der Waals surface area contributed by atoms with Gasteiger partial charge in [0, 0.05) is 5.56 Å². The van der Waals surface area contributed by atoms with Crippen LogP contribution in [0, 0.1) is 27.7 Å². The summed E-state index contributed by atoms with van der Waals surface area (Å²) in [5.74, 6) is 2.60. The van der Waals surface area contributed by atoms with E-state index < -0.39 is 0 Å². The Morgan fingerprint density at radius 2 is 1.47 bits per heavy atom. The van der Waals surface area contributed by atoms with Crippen LogP contribution < -0.4 is 9.47 Å². The minimum absolute atomic E-state index is 0.523. The highest BCUT2D eigenvalue weighted by Gasteiger charge is 2.00. The van der Waals surface area contributed by atoms with E-state index in [1.165, 1.54) is 0 Å². The summed E-state index contributed by atoms with van der Waals surface area (Å²) in [6.45, 7) is 7.63. The Morgan fingerprint density at radius 1 is 0.947 bits per heavy atom. The molecular formula is C13H19N3O3. The van der Waals surface area contributed by atoms with E-state index >= 15 is 0 Å². The van der Waals surface area contributed by atoms with Crippen molar-refractivity contribution >= 4 is 0 Å². The Hall–Kier alpha value is -2.11. The summed E-state index contributed by atoms with van der Waals surface area (Å²) >= 11 is 0. The number of hydrogen-bond acceptors (Lipinski definition) is 6. The van der Waals surface area contributed by atoms with Gasteiger partial charge < -0.3 is 14.0 Å². The van der Waals surface area contributed by atoms with Crippen LogP contribution in [0.25, 0.3) is 0 Å². The smallest absolute Gasteiger partial charge is 0.220 e. The van der Waals surface area contributed by atoms with Crippen LogP contribution >= 0.6 is 0 Å². The molecule has 2 heterocycles. The van der Waals surface area contributed by atoms with Crippen LogP contribution in [0.3, 0.4) is 0 Å². The summed E-state index contributed by atoms with van der Waals surface area (Å²) in [6.07, 6.45) is 0. The second kappa shape index (κ2) is 6.72. The molecule has 0 unspecified atom stereocenters. The highest BCUT2D eigenvalue weighted by molar-refractivity contribution is 5.20. The summed E-state index contributed by atoms with van der Waals surface area (Å²) in [5.41, 5.74) is 2.15. The Kier molecular flexibility index (Phi) is 5.29. The first-order valence-electron chi connectivity index (χ1n) is 5.81. The largest absolute Gasteiger partial charge is 0.481 e. The van der Waals surface area contributed by atoms with Crippen molar-refractivity contribution in [3.05, 3.63) is 28.9 Å². The number of rotatable bonds is 2.